The average Bonchev–Trinajstić information content (AvgIpc) is 3.31. The number of carbonyl (C=O) groups is 2. The van der Waals surface area contributed by atoms with Crippen LogP contribution in [-0.2, 0) is 16.0 Å². The first kappa shape index (κ1) is 22.1. The smallest absolute Gasteiger partial charge is 0.228 e. The third kappa shape index (κ3) is 3.74. The molecule has 5 rings (SSSR count). The summed E-state index contributed by atoms with van der Waals surface area (Å²) in [5.74, 6) is 1.54. The standard InChI is InChI=1S/C26H29N3O3S/c1-14-13-28-25(33-14)29-23(32)7-5-16-11-22(31)26(2)9-8-17-18(24(16)26)6-4-15-10-21(30)20(27-3)12-19(15)17/h10,12-13,16-18,24,30H,4-9,11H2,1-2H3,(H,28,29,32)/t16-,17?,18?,24?,26-/m1/s1. The highest BCUT2D eigenvalue weighted by atomic mass is 32.1. The van der Waals surface area contributed by atoms with Gasteiger partial charge in [0.1, 0.15) is 11.5 Å². The van der Waals surface area contributed by atoms with E-state index in [-0.39, 0.29) is 28.9 Å². The molecule has 2 aromatic rings. The van der Waals surface area contributed by atoms with Crippen LogP contribution in [0, 0.1) is 36.7 Å². The van der Waals surface area contributed by atoms with E-state index < -0.39 is 0 Å². The predicted octanol–water partition coefficient (Wildman–Crippen LogP) is 5.78. The van der Waals surface area contributed by atoms with Crippen LogP contribution in [0.25, 0.3) is 4.85 Å². The average molecular weight is 464 g/mol. The summed E-state index contributed by atoms with van der Waals surface area (Å²) < 4.78 is 0. The minimum Gasteiger partial charge on any atom is -0.519 e. The maximum Gasteiger partial charge on any atom is 0.228 e. The van der Waals surface area contributed by atoms with Crippen molar-refractivity contribution in [1.82, 2.24) is 4.98 Å². The lowest BCUT2D eigenvalue weighted by Gasteiger charge is -2.50. The highest BCUT2D eigenvalue weighted by Gasteiger charge is 2.58. The molecule has 3 aliphatic rings. The largest absolute Gasteiger partial charge is 0.519 e. The SMILES string of the molecule is [C-]#[N+]c1cc2c(cc1O)CCC1C2CC[C@]2(C)C(=O)C[C@@H](CCC(=O)Nc3ncc(C)s3)C12. The van der Waals surface area contributed by atoms with Gasteiger partial charge in [-0.15, -0.1) is 11.3 Å². The van der Waals surface area contributed by atoms with Crippen molar-refractivity contribution in [2.24, 2.45) is 23.2 Å². The summed E-state index contributed by atoms with van der Waals surface area (Å²) in [4.78, 5) is 34.5. The molecule has 7 heteroatoms. The van der Waals surface area contributed by atoms with Gasteiger partial charge < -0.3 is 10.4 Å². The molecule has 5 atom stereocenters. The van der Waals surface area contributed by atoms with Crippen molar-refractivity contribution in [3.05, 3.63) is 45.8 Å². The quantitative estimate of drug-likeness (QED) is 0.563. The van der Waals surface area contributed by atoms with Gasteiger partial charge in [-0.25, -0.2) is 9.83 Å². The number of aryl methyl sites for hydroxylation is 2. The van der Waals surface area contributed by atoms with Crippen LogP contribution >= 0.6 is 11.3 Å². The molecule has 0 aliphatic heterocycles. The number of Topliss-reactive ketones (excluding diaryl/α,β-unsaturated/α-hetero) is 1. The minimum absolute atomic E-state index is 0.0380. The van der Waals surface area contributed by atoms with Gasteiger partial charge in [-0.3, -0.25) is 9.59 Å². The Morgan fingerprint density at radius 1 is 1.39 bits per heavy atom. The topological polar surface area (TPSA) is 83.6 Å². The summed E-state index contributed by atoms with van der Waals surface area (Å²) in [7, 11) is 0. The lowest BCUT2D eigenvalue weighted by Crippen LogP contribution is -2.44. The van der Waals surface area contributed by atoms with Crippen LogP contribution in [0.5, 0.6) is 5.75 Å². The Hall–Kier alpha value is -2.72. The fourth-order valence-electron chi connectivity index (χ4n) is 6.92. The number of rotatable bonds is 4. The molecule has 2 fully saturated rings. The molecule has 0 saturated heterocycles. The molecule has 0 bridgehead atoms. The summed E-state index contributed by atoms with van der Waals surface area (Å²) in [6.45, 7) is 11.5. The van der Waals surface area contributed by atoms with E-state index in [0.717, 1.165) is 36.1 Å². The molecule has 6 nitrogen and oxygen atoms in total. The van der Waals surface area contributed by atoms with Gasteiger partial charge in [0.05, 0.1) is 6.57 Å². The fraction of sp³-hybridized carbons (Fsp3) is 0.538. The summed E-state index contributed by atoms with van der Waals surface area (Å²) in [5.41, 5.74) is 2.33. The van der Waals surface area contributed by atoms with Crippen LogP contribution in [-0.4, -0.2) is 21.8 Å². The van der Waals surface area contributed by atoms with E-state index in [1.165, 1.54) is 16.9 Å². The van der Waals surface area contributed by atoms with Crippen LogP contribution in [0.4, 0.5) is 10.8 Å². The van der Waals surface area contributed by atoms with Crippen LogP contribution in [0.1, 0.15) is 67.4 Å². The first-order valence-corrected chi connectivity index (χ1v) is 12.6. The number of fused-ring (bicyclic) bond motifs is 5. The van der Waals surface area contributed by atoms with Crippen LogP contribution in [0.2, 0.25) is 0 Å². The number of benzene rings is 1. The summed E-state index contributed by atoms with van der Waals surface area (Å²) in [6, 6.07) is 3.65. The molecule has 1 amide bonds. The third-order valence-corrected chi connectivity index (χ3v) is 9.22. The second-order valence-electron chi connectivity index (χ2n) is 10.2. The number of amides is 1. The van der Waals surface area contributed by atoms with Crippen molar-refractivity contribution in [2.75, 3.05) is 5.32 Å². The number of aromatic nitrogens is 1. The van der Waals surface area contributed by atoms with Crippen molar-refractivity contribution >= 4 is 33.8 Å². The number of nitrogens with one attached hydrogen (secondary N) is 1. The van der Waals surface area contributed by atoms with E-state index in [0.29, 0.717) is 47.7 Å². The first-order valence-electron chi connectivity index (χ1n) is 11.8. The molecule has 0 spiro atoms. The molecule has 33 heavy (non-hydrogen) atoms. The monoisotopic (exact) mass is 463 g/mol. The molecule has 1 aromatic heterocycles. The summed E-state index contributed by atoms with van der Waals surface area (Å²) in [5, 5.41) is 13.7. The van der Waals surface area contributed by atoms with E-state index in [2.05, 4.69) is 22.1 Å². The zero-order valence-electron chi connectivity index (χ0n) is 19.1. The summed E-state index contributed by atoms with van der Waals surface area (Å²) >= 11 is 1.47. The predicted molar refractivity (Wildman–Crippen MR) is 128 cm³/mol. The van der Waals surface area contributed by atoms with E-state index >= 15 is 0 Å². The number of nitrogens with zero attached hydrogens (tertiary/aromatic N) is 2. The second-order valence-corrected chi connectivity index (χ2v) is 11.4. The number of ketones is 1. The Balaban J connectivity index is 1.36. The van der Waals surface area contributed by atoms with E-state index in [9.17, 15) is 14.7 Å². The Morgan fingerprint density at radius 3 is 2.94 bits per heavy atom. The van der Waals surface area contributed by atoms with Gasteiger partial charge in [-0.2, -0.15) is 0 Å². The second kappa shape index (κ2) is 8.25. The van der Waals surface area contributed by atoms with Crippen molar-refractivity contribution in [1.29, 1.82) is 0 Å². The minimum atomic E-state index is -0.314. The first-order chi connectivity index (χ1) is 15.8. The number of phenols is 1. The van der Waals surface area contributed by atoms with Crippen molar-refractivity contribution < 1.29 is 14.7 Å². The van der Waals surface area contributed by atoms with Gasteiger partial charge in [0.2, 0.25) is 11.6 Å². The molecule has 172 valence electrons. The maximum absolute atomic E-state index is 13.2. The third-order valence-electron chi connectivity index (χ3n) is 8.39. The number of thiazole rings is 1. The van der Waals surface area contributed by atoms with Crippen molar-refractivity contribution in [3.8, 4) is 5.75 Å². The summed E-state index contributed by atoms with van der Waals surface area (Å²) in [6.07, 6.45) is 7.06. The lowest BCUT2D eigenvalue weighted by atomic mass is 9.54. The van der Waals surface area contributed by atoms with Gasteiger partial charge in [-0.05, 0) is 80.4 Å². The molecule has 0 radical (unpaired) electrons. The van der Waals surface area contributed by atoms with E-state index in [1.54, 1.807) is 12.3 Å². The molecule has 2 saturated carbocycles. The van der Waals surface area contributed by atoms with Gasteiger partial charge in [0.15, 0.2) is 5.13 Å². The zero-order valence-corrected chi connectivity index (χ0v) is 19.9. The van der Waals surface area contributed by atoms with E-state index in [1.807, 2.05) is 13.0 Å². The molecule has 3 unspecified atom stereocenters. The number of anilines is 1. The number of hydrogen-bond acceptors (Lipinski definition) is 5. The van der Waals surface area contributed by atoms with Gasteiger partial charge in [-0.1, -0.05) is 12.5 Å². The van der Waals surface area contributed by atoms with Gasteiger partial charge in [0.25, 0.3) is 0 Å². The Bertz CT molecular complexity index is 1170. The Labute approximate surface area is 198 Å². The molecule has 1 heterocycles. The van der Waals surface area contributed by atoms with Crippen LogP contribution < -0.4 is 5.32 Å². The van der Waals surface area contributed by atoms with Crippen molar-refractivity contribution in [3.63, 3.8) is 0 Å². The van der Waals surface area contributed by atoms with Crippen LogP contribution in [0.15, 0.2) is 18.3 Å². The maximum atomic E-state index is 13.2. The number of hydrogen-bond donors (Lipinski definition) is 2. The van der Waals surface area contributed by atoms with Gasteiger partial charge in [0, 0.05) is 29.3 Å². The number of aromatic hydroxyl groups is 1. The Morgan fingerprint density at radius 2 is 2.21 bits per heavy atom. The molecule has 3 aliphatic carbocycles. The highest BCUT2D eigenvalue weighted by molar-refractivity contribution is 7.15. The normalized spacial score (nSPS) is 30.2. The number of phenolic OH excluding ortho intramolecular Hbond substituents is 1. The van der Waals surface area contributed by atoms with E-state index in [4.69, 9.17) is 6.57 Å². The van der Waals surface area contributed by atoms with Crippen LogP contribution in [0.3, 0.4) is 0 Å². The molecule has 1 aromatic carbocycles. The Kier molecular flexibility index (Phi) is 5.52. The molecular formula is C26H29N3O3S. The highest BCUT2D eigenvalue weighted by Crippen LogP contribution is 2.62. The zero-order chi connectivity index (χ0) is 23.3. The fourth-order valence-corrected chi connectivity index (χ4v) is 7.60. The number of carbonyl (C=O) groups excluding carboxylic acids is 2. The molecular weight excluding hydrogens is 434 g/mol. The van der Waals surface area contributed by atoms with Crippen molar-refractivity contribution in [2.45, 2.75) is 64.7 Å². The molecule has 2 N–H and O–H groups in total. The van der Waals surface area contributed by atoms with Gasteiger partial charge >= 0.3 is 0 Å². The lowest BCUT2D eigenvalue weighted by molar-refractivity contribution is -0.129.